The molecule has 0 aliphatic rings. The molecule has 1 aromatic heterocycles. The van der Waals surface area contributed by atoms with Crippen LogP contribution in [0.1, 0.15) is 40.9 Å². The Bertz CT molecular complexity index is 974. The van der Waals surface area contributed by atoms with Crippen LogP contribution in [0, 0.1) is 10.1 Å². The Morgan fingerprint density at radius 3 is 2.48 bits per heavy atom. The predicted octanol–water partition coefficient (Wildman–Crippen LogP) is 3.68. The van der Waals surface area contributed by atoms with Crippen LogP contribution < -0.4 is 4.72 Å². The molecule has 2 rings (SSSR count). The molecule has 2 aromatic rings. The number of hydrogen-bond donors (Lipinski definition) is 1. The first kappa shape index (κ1) is 20.8. The molecule has 0 unspecified atom stereocenters. The molecule has 10 heteroatoms. The fourth-order valence-corrected chi connectivity index (χ4v) is 4.68. The van der Waals surface area contributed by atoms with Gasteiger partial charge in [0.1, 0.15) is 10.6 Å². The molecule has 0 radical (unpaired) electrons. The molecule has 0 atom stereocenters. The number of nitro benzene ring substituents is 1. The quantitative estimate of drug-likeness (QED) is 0.439. The molecule has 0 saturated carbocycles. The number of carbonyl (C=O) groups excluding carboxylic acids is 1. The lowest BCUT2D eigenvalue weighted by molar-refractivity contribution is -0.385. The first-order valence-electron chi connectivity index (χ1n) is 7.90. The molecule has 1 N–H and O–H groups in total. The van der Waals surface area contributed by atoms with Gasteiger partial charge in [0.15, 0.2) is 0 Å². The molecule has 0 bridgehead atoms. The predicted molar refractivity (Wildman–Crippen MR) is 104 cm³/mol. The average Bonchev–Trinajstić information content (AvgIpc) is 2.97. The number of hydrogen-bond acceptors (Lipinski definition) is 7. The van der Waals surface area contributed by atoms with Gasteiger partial charge in [0.25, 0.3) is 5.69 Å². The molecule has 0 saturated heterocycles. The van der Waals surface area contributed by atoms with Gasteiger partial charge in [-0.15, -0.1) is 11.3 Å². The lowest BCUT2D eigenvalue weighted by atomic mass is 9.95. The number of sulfonamides is 1. The van der Waals surface area contributed by atoms with Crippen molar-refractivity contribution in [3.63, 3.8) is 0 Å². The monoisotopic (exact) mass is 412 g/mol. The van der Waals surface area contributed by atoms with Crippen molar-refractivity contribution in [1.29, 1.82) is 0 Å². The summed E-state index contributed by atoms with van der Waals surface area (Å²) < 4.78 is 32.3. The summed E-state index contributed by atoms with van der Waals surface area (Å²) in [5, 5.41) is 11.1. The van der Waals surface area contributed by atoms with Crippen molar-refractivity contribution in [2.45, 2.75) is 31.9 Å². The average molecular weight is 412 g/mol. The zero-order valence-corrected chi connectivity index (χ0v) is 16.9. The molecular formula is C17H20N2O6S2. The number of methoxy groups -OCH3 is 1. The van der Waals surface area contributed by atoms with Crippen molar-refractivity contribution < 1.29 is 22.9 Å². The third kappa shape index (κ3) is 5.04. The molecule has 0 fully saturated rings. The Balaban J connectivity index is 2.39. The number of nitro groups is 1. The second-order valence-corrected chi connectivity index (χ2v) is 9.62. The van der Waals surface area contributed by atoms with Crippen molar-refractivity contribution in [3.05, 3.63) is 55.8 Å². The Hall–Kier alpha value is -2.46. The third-order valence-corrected chi connectivity index (χ3v) is 6.40. The van der Waals surface area contributed by atoms with Crippen LogP contribution in [0.2, 0.25) is 0 Å². The minimum Gasteiger partial charge on any atom is -0.465 e. The van der Waals surface area contributed by atoms with Crippen LogP contribution in [-0.4, -0.2) is 26.4 Å². The number of nitrogens with one attached hydrogen (secondary N) is 1. The Kier molecular flexibility index (Phi) is 5.91. The van der Waals surface area contributed by atoms with E-state index in [-0.39, 0.29) is 27.2 Å². The van der Waals surface area contributed by atoms with Gasteiger partial charge in [-0.05, 0) is 11.5 Å². The largest absolute Gasteiger partial charge is 0.465 e. The number of benzene rings is 1. The highest BCUT2D eigenvalue weighted by atomic mass is 32.2. The number of thiophene rings is 1. The second kappa shape index (κ2) is 7.65. The molecule has 1 heterocycles. The maximum absolute atomic E-state index is 12.6. The van der Waals surface area contributed by atoms with Crippen LogP contribution in [0.3, 0.4) is 0 Å². The molecular weight excluding hydrogens is 392 g/mol. The van der Waals surface area contributed by atoms with E-state index in [1.807, 2.05) is 20.8 Å². The van der Waals surface area contributed by atoms with Crippen molar-refractivity contribution in [3.8, 4) is 0 Å². The summed E-state index contributed by atoms with van der Waals surface area (Å²) >= 11 is 1.14. The van der Waals surface area contributed by atoms with Gasteiger partial charge in [0.2, 0.25) is 10.0 Å². The summed E-state index contributed by atoms with van der Waals surface area (Å²) in [6.45, 7) is 5.81. The third-order valence-electron chi connectivity index (χ3n) is 3.64. The summed E-state index contributed by atoms with van der Waals surface area (Å²) in [5.74, 6) is -1.25. The van der Waals surface area contributed by atoms with Crippen LogP contribution in [0.15, 0.2) is 30.3 Å². The number of esters is 1. The topological polar surface area (TPSA) is 116 Å². The highest BCUT2D eigenvalue weighted by Gasteiger charge is 2.27. The van der Waals surface area contributed by atoms with Crippen molar-refractivity contribution in [2.24, 2.45) is 0 Å². The molecule has 0 amide bonds. The SMILES string of the molecule is COC(=O)c1sc(C(C)(C)C)cc1NS(=O)(=O)Cc1ccccc1[N+](=O)[O-]. The summed E-state index contributed by atoms with van der Waals surface area (Å²) in [4.78, 5) is 23.4. The van der Waals surface area contributed by atoms with E-state index in [1.165, 1.54) is 31.4 Å². The van der Waals surface area contributed by atoms with Crippen molar-refractivity contribution in [2.75, 3.05) is 11.8 Å². The number of carbonyl (C=O) groups is 1. The zero-order valence-electron chi connectivity index (χ0n) is 15.3. The zero-order chi connectivity index (χ0) is 20.4. The van der Waals surface area contributed by atoms with Gasteiger partial charge in [-0.2, -0.15) is 0 Å². The first-order chi connectivity index (χ1) is 12.4. The highest BCUT2D eigenvalue weighted by Crippen LogP contribution is 2.36. The van der Waals surface area contributed by atoms with Crippen LogP contribution in [0.4, 0.5) is 11.4 Å². The molecule has 0 aliphatic heterocycles. The molecule has 8 nitrogen and oxygen atoms in total. The smallest absolute Gasteiger partial charge is 0.350 e. The minimum absolute atomic E-state index is 0.0564. The summed E-state index contributed by atoms with van der Waals surface area (Å²) in [7, 11) is -2.78. The molecule has 27 heavy (non-hydrogen) atoms. The van der Waals surface area contributed by atoms with E-state index in [0.29, 0.717) is 0 Å². The lowest BCUT2D eigenvalue weighted by Gasteiger charge is -2.15. The Morgan fingerprint density at radius 2 is 1.93 bits per heavy atom. The van der Waals surface area contributed by atoms with E-state index in [1.54, 1.807) is 6.07 Å². The van der Waals surface area contributed by atoms with Gasteiger partial charge < -0.3 is 4.74 Å². The van der Waals surface area contributed by atoms with E-state index in [0.717, 1.165) is 16.2 Å². The van der Waals surface area contributed by atoms with Gasteiger partial charge in [-0.1, -0.05) is 39.0 Å². The van der Waals surface area contributed by atoms with Crippen LogP contribution in [-0.2, 0) is 25.9 Å². The number of para-hydroxylation sites is 1. The maximum Gasteiger partial charge on any atom is 0.350 e. The number of anilines is 1. The van der Waals surface area contributed by atoms with E-state index >= 15 is 0 Å². The Labute approximate surface area is 161 Å². The highest BCUT2D eigenvalue weighted by molar-refractivity contribution is 7.92. The molecule has 1 aromatic carbocycles. The van der Waals surface area contributed by atoms with E-state index in [4.69, 9.17) is 4.74 Å². The van der Waals surface area contributed by atoms with Crippen LogP contribution in [0.5, 0.6) is 0 Å². The van der Waals surface area contributed by atoms with Gasteiger partial charge in [0, 0.05) is 16.5 Å². The van der Waals surface area contributed by atoms with Crippen LogP contribution >= 0.6 is 11.3 Å². The van der Waals surface area contributed by atoms with E-state index < -0.39 is 26.7 Å². The minimum atomic E-state index is -4.00. The maximum atomic E-state index is 12.6. The lowest BCUT2D eigenvalue weighted by Crippen LogP contribution is -2.17. The second-order valence-electron chi connectivity index (χ2n) is 6.84. The summed E-state index contributed by atoms with van der Waals surface area (Å²) in [6.07, 6.45) is 0. The van der Waals surface area contributed by atoms with Crippen molar-refractivity contribution in [1.82, 2.24) is 0 Å². The molecule has 0 spiro atoms. The van der Waals surface area contributed by atoms with Gasteiger partial charge in [0.05, 0.1) is 17.7 Å². The van der Waals surface area contributed by atoms with Gasteiger partial charge in [-0.25, -0.2) is 13.2 Å². The normalized spacial score (nSPS) is 11.9. The fourth-order valence-electron chi connectivity index (χ4n) is 2.30. The Morgan fingerprint density at radius 1 is 1.30 bits per heavy atom. The van der Waals surface area contributed by atoms with E-state index in [9.17, 15) is 23.3 Å². The molecule has 0 aliphatic carbocycles. The summed E-state index contributed by atoms with van der Waals surface area (Å²) in [5.41, 5.74) is -0.414. The summed E-state index contributed by atoms with van der Waals surface area (Å²) in [6, 6.07) is 7.21. The molecule has 146 valence electrons. The van der Waals surface area contributed by atoms with E-state index in [2.05, 4.69) is 4.72 Å². The van der Waals surface area contributed by atoms with Gasteiger partial charge >= 0.3 is 5.97 Å². The number of ether oxygens (including phenoxy) is 1. The van der Waals surface area contributed by atoms with Crippen LogP contribution in [0.25, 0.3) is 0 Å². The van der Waals surface area contributed by atoms with Gasteiger partial charge in [-0.3, -0.25) is 14.8 Å². The standard InChI is InChI=1S/C17H20N2O6S2/c1-17(2,3)14-9-12(15(26-14)16(20)25-4)18-27(23,24)10-11-7-5-6-8-13(11)19(21)22/h5-9,18H,10H2,1-4H3. The first-order valence-corrected chi connectivity index (χ1v) is 10.4. The number of rotatable bonds is 6. The fraction of sp³-hybridized carbons (Fsp3) is 0.353. The van der Waals surface area contributed by atoms with Crippen molar-refractivity contribution >= 4 is 38.7 Å². The number of nitrogens with zero attached hydrogens (tertiary/aromatic N) is 1.